The molecule has 0 unspecified atom stereocenters. The van der Waals surface area contributed by atoms with Gasteiger partial charge in [-0.25, -0.2) is 0 Å². The van der Waals surface area contributed by atoms with Crippen LogP contribution >= 0.6 is 11.3 Å². The van der Waals surface area contributed by atoms with Crippen LogP contribution in [0.2, 0.25) is 0 Å². The molecule has 0 spiro atoms. The van der Waals surface area contributed by atoms with Gasteiger partial charge in [-0.2, -0.15) is 0 Å². The van der Waals surface area contributed by atoms with Gasteiger partial charge in [0.15, 0.2) is 5.76 Å². The van der Waals surface area contributed by atoms with Crippen molar-refractivity contribution >= 4 is 28.8 Å². The van der Waals surface area contributed by atoms with E-state index in [0.717, 1.165) is 16.9 Å². The van der Waals surface area contributed by atoms with E-state index in [2.05, 4.69) is 5.32 Å². The summed E-state index contributed by atoms with van der Waals surface area (Å²) in [7, 11) is 0. The van der Waals surface area contributed by atoms with Gasteiger partial charge in [0.2, 0.25) is 0 Å². The summed E-state index contributed by atoms with van der Waals surface area (Å²) >= 11 is 1.46. The predicted molar refractivity (Wildman–Crippen MR) is 95.9 cm³/mol. The lowest BCUT2D eigenvalue weighted by molar-refractivity contribution is 0.0739. The molecule has 3 aromatic rings. The Morgan fingerprint density at radius 3 is 2.80 bits per heavy atom. The van der Waals surface area contributed by atoms with Crippen LogP contribution < -0.4 is 5.32 Å². The van der Waals surface area contributed by atoms with E-state index in [1.165, 1.54) is 23.2 Å². The summed E-state index contributed by atoms with van der Waals surface area (Å²) in [5.74, 6) is 0.0465. The zero-order valence-electron chi connectivity index (χ0n) is 13.4. The molecule has 126 valence electrons. The smallest absolute Gasteiger partial charge is 0.291 e. The number of benzene rings is 1. The van der Waals surface area contributed by atoms with E-state index in [-0.39, 0.29) is 17.6 Å². The normalized spacial score (nSPS) is 13.4. The van der Waals surface area contributed by atoms with E-state index in [1.807, 2.05) is 40.6 Å². The lowest BCUT2D eigenvalue weighted by Gasteiger charge is -2.29. The number of hydrogen-bond acceptors (Lipinski definition) is 4. The third kappa shape index (κ3) is 3.21. The monoisotopic (exact) mass is 352 g/mol. The third-order valence-electron chi connectivity index (χ3n) is 4.24. The van der Waals surface area contributed by atoms with Crippen molar-refractivity contribution in [3.63, 3.8) is 0 Å². The molecule has 0 fully saturated rings. The van der Waals surface area contributed by atoms with Gasteiger partial charge in [0.25, 0.3) is 11.8 Å². The van der Waals surface area contributed by atoms with Crippen molar-refractivity contribution in [1.82, 2.24) is 4.90 Å². The van der Waals surface area contributed by atoms with E-state index in [1.54, 1.807) is 12.1 Å². The third-order valence-corrected chi connectivity index (χ3v) is 5.10. The Morgan fingerprint density at radius 2 is 2.04 bits per heavy atom. The zero-order chi connectivity index (χ0) is 17.2. The molecule has 0 atom stereocenters. The molecule has 0 aliphatic carbocycles. The van der Waals surface area contributed by atoms with Crippen molar-refractivity contribution in [3.8, 4) is 0 Å². The number of anilines is 1. The van der Waals surface area contributed by atoms with E-state index < -0.39 is 0 Å². The summed E-state index contributed by atoms with van der Waals surface area (Å²) in [5.41, 5.74) is 2.98. The largest absolute Gasteiger partial charge is 0.459 e. The summed E-state index contributed by atoms with van der Waals surface area (Å²) in [6.07, 6.45) is 2.29. The van der Waals surface area contributed by atoms with Crippen molar-refractivity contribution in [2.45, 2.75) is 13.0 Å². The van der Waals surface area contributed by atoms with Gasteiger partial charge < -0.3 is 14.6 Å². The van der Waals surface area contributed by atoms with Crippen LogP contribution in [-0.4, -0.2) is 23.3 Å². The highest BCUT2D eigenvalue weighted by molar-refractivity contribution is 7.12. The zero-order valence-corrected chi connectivity index (χ0v) is 14.2. The summed E-state index contributed by atoms with van der Waals surface area (Å²) < 4.78 is 5.11. The summed E-state index contributed by atoms with van der Waals surface area (Å²) in [6.45, 7) is 1.26. The molecule has 1 N–H and O–H groups in total. The quantitative estimate of drug-likeness (QED) is 0.780. The molecular weight excluding hydrogens is 336 g/mol. The number of hydrogen-bond donors (Lipinski definition) is 1. The standard InChI is InChI=1S/C19H16N2O3S/c22-18(16-3-1-9-24-16)20-15-6-5-13-7-8-21(12-14(13)11-15)19(23)17-4-2-10-25-17/h1-6,9-11H,7-8,12H2,(H,20,22). The van der Waals surface area contributed by atoms with Gasteiger partial charge in [0, 0.05) is 18.8 Å². The first kappa shape index (κ1) is 15.7. The topological polar surface area (TPSA) is 62.6 Å². The van der Waals surface area contributed by atoms with Gasteiger partial charge in [-0.05, 0) is 53.3 Å². The number of fused-ring (bicyclic) bond motifs is 1. The highest BCUT2D eigenvalue weighted by atomic mass is 32.1. The Balaban J connectivity index is 1.51. The van der Waals surface area contributed by atoms with E-state index in [0.29, 0.717) is 18.8 Å². The van der Waals surface area contributed by atoms with Crippen molar-refractivity contribution < 1.29 is 14.0 Å². The Labute approximate surface area is 148 Å². The van der Waals surface area contributed by atoms with Crippen molar-refractivity contribution in [2.24, 2.45) is 0 Å². The molecule has 1 aliphatic rings. The maximum atomic E-state index is 12.5. The molecule has 3 heterocycles. The first-order valence-electron chi connectivity index (χ1n) is 8.00. The molecule has 2 amide bonds. The van der Waals surface area contributed by atoms with Crippen LogP contribution in [0.4, 0.5) is 5.69 Å². The summed E-state index contributed by atoms with van der Waals surface area (Å²) in [4.78, 5) is 27.3. The average molecular weight is 352 g/mol. The fourth-order valence-electron chi connectivity index (χ4n) is 2.96. The number of nitrogens with zero attached hydrogens (tertiary/aromatic N) is 1. The summed E-state index contributed by atoms with van der Waals surface area (Å²) in [6, 6.07) is 12.9. The van der Waals surface area contributed by atoms with Crippen molar-refractivity contribution in [1.29, 1.82) is 0 Å². The molecule has 0 saturated heterocycles. The van der Waals surface area contributed by atoms with Crippen LogP contribution in [0.5, 0.6) is 0 Å². The van der Waals surface area contributed by atoms with Gasteiger partial charge >= 0.3 is 0 Å². The van der Waals surface area contributed by atoms with Gasteiger partial charge in [-0.15, -0.1) is 11.3 Å². The van der Waals surface area contributed by atoms with E-state index in [4.69, 9.17) is 4.42 Å². The Bertz CT molecular complexity index is 901. The van der Waals surface area contributed by atoms with Gasteiger partial charge in [-0.1, -0.05) is 12.1 Å². The lowest BCUT2D eigenvalue weighted by atomic mass is 9.99. The Hall–Kier alpha value is -2.86. The number of carbonyl (C=O) groups is 2. The fourth-order valence-corrected chi connectivity index (χ4v) is 3.66. The minimum Gasteiger partial charge on any atom is -0.459 e. The number of nitrogens with one attached hydrogen (secondary N) is 1. The Kier molecular flexibility index (Phi) is 4.11. The first-order valence-corrected chi connectivity index (χ1v) is 8.88. The number of amides is 2. The Morgan fingerprint density at radius 1 is 1.12 bits per heavy atom. The molecule has 5 nitrogen and oxygen atoms in total. The second-order valence-corrected chi connectivity index (χ2v) is 6.82. The predicted octanol–water partition coefficient (Wildman–Crippen LogP) is 3.79. The van der Waals surface area contributed by atoms with Gasteiger partial charge in [-0.3, -0.25) is 9.59 Å². The second-order valence-electron chi connectivity index (χ2n) is 5.87. The van der Waals surface area contributed by atoms with Crippen LogP contribution in [0, 0.1) is 0 Å². The molecule has 1 aromatic carbocycles. The van der Waals surface area contributed by atoms with E-state index >= 15 is 0 Å². The van der Waals surface area contributed by atoms with E-state index in [9.17, 15) is 9.59 Å². The molecule has 2 aromatic heterocycles. The minimum absolute atomic E-state index is 0.0608. The molecule has 6 heteroatoms. The molecular formula is C19H16N2O3S. The van der Waals surface area contributed by atoms with Crippen LogP contribution in [0.1, 0.15) is 31.4 Å². The lowest BCUT2D eigenvalue weighted by Crippen LogP contribution is -2.35. The van der Waals surface area contributed by atoms with Crippen LogP contribution in [0.25, 0.3) is 0 Å². The molecule has 4 rings (SSSR count). The molecule has 25 heavy (non-hydrogen) atoms. The highest BCUT2D eigenvalue weighted by Crippen LogP contribution is 2.25. The maximum Gasteiger partial charge on any atom is 0.291 e. The van der Waals surface area contributed by atoms with Gasteiger partial charge in [0.1, 0.15) is 0 Å². The molecule has 1 aliphatic heterocycles. The number of rotatable bonds is 3. The van der Waals surface area contributed by atoms with Crippen LogP contribution in [0.15, 0.2) is 58.5 Å². The number of carbonyl (C=O) groups excluding carboxylic acids is 2. The maximum absolute atomic E-state index is 12.5. The first-order chi connectivity index (χ1) is 12.2. The molecule has 0 radical (unpaired) electrons. The summed E-state index contributed by atoms with van der Waals surface area (Å²) in [5, 5.41) is 4.74. The van der Waals surface area contributed by atoms with Crippen LogP contribution in [-0.2, 0) is 13.0 Å². The molecule has 0 saturated carbocycles. The highest BCUT2D eigenvalue weighted by Gasteiger charge is 2.22. The van der Waals surface area contributed by atoms with Crippen LogP contribution in [0.3, 0.4) is 0 Å². The molecule has 0 bridgehead atoms. The minimum atomic E-state index is -0.285. The van der Waals surface area contributed by atoms with Gasteiger partial charge in [0.05, 0.1) is 11.1 Å². The average Bonchev–Trinajstić information content (AvgIpc) is 3.34. The SMILES string of the molecule is O=C(Nc1ccc2c(c1)CN(C(=O)c1cccs1)CC2)c1ccco1. The fraction of sp³-hybridized carbons (Fsp3) is 0.158. The number of thiophene rings is 1. The van der Waals surface area contributed by atoms with Crippen molar-refractivity contribution in [2.75, 3.05) is 11.9 Å². The van der Waals surface area contributed by atoms with Crippen molar-refractivity contribution in [3.05, 3.63) is 75.9 Å². The second kappa shape index (κ2) is 6.57. The number of furan rings is 1.